The smallest absolute Gasteiger partial charge is 0.315 e. The Bertz CT molecular complexity index is 161. The van der Waals surface area contributed by atoms with Gasteiger partial charge in [-0.3, -0.25) is 0 Å². The minimum absolute atomic E-state index is 0.110. The molecule has 1 heterocycles. The van der Waals surface area contributed by atoms with Crippen molar-refractivity contribution >= 4 is 6.03 Å². The number of hydrogen-bond acceptors (Lipinski definition) is 2. The van der Waals surface area contributed by atoms with E-state index in [2.05, 4.69) is 0 Å². The molecule has 1 aliphatic rings. The number of hydrogen-bond donors (Lipinski definition) is 1. The summed E-state index contributed by atoms with van der Waals surface area (Å²) in [6.07, 6.45) is 0.110. The van der Waals surface area contributed by atoms with Gasteiger partial charge in [-0.25, -0.2) is 4.79 Å². The van der Waals surface area contributed by atoms with Crippen molar-refractivity contribution < 1.29 is 9.53 Å². The fraction of sp³-hybridized carbons (Fsp3) is 0.857. The van der Waals surface area contributed by atoms with Gasteiger partial charge in [-0.2, -0.15) is 0 Å². The van der Waals surface area contributed by atoms with E-state index in [-0.39, 0.29) is 18.2 Å². The maximum atomic E-state index is 10.8. The second kappa shape index (κ2) is 3.09. The van der Waals surface area contributed by atoms with Crippen molar-refractivity contribution in [1.29, 1.82) is 0 Å². The van der Waals surface area contributed by atoms with Crippen molar-refractivity contribution in [3.05, 3.63) is 0 Å². The maximum Gasteiger partial charge on any atom is 0.315 e. The third-order valence-electron chi connectivity index (χ3n) is 1.89. The molecule has 4 nitrogen and oxygen atoms in total. The molecule has 1 saturated heterocycles. The van der Waals surface area contributed by atoms with E-state index in [1.165, 1.54) is 0 Å². The number of urea groups is 1. The zero-order chi connectivity index (χ0) is 8.43. The first kappa shape index (κ1) is 8.33. The van der Waals surface area contributed by atoms with Crippen LogP contribution in [0.4, 0.5) is 4.79 Å². The van der Waals surface area contributed by atoms with Gasteiger partial charge in [0.2, 0.25) is 0 Å². The fourth-order valence-corrected chi connectivity index (χ4v) is 1.21. The normalized spacial score (nSPS) is 32.0. The molecule has 64 valence electrons. The number of morpholine rings is 1. The van der Waals surface area contributed by atoms with Gasteiger partial charge in [0.1, 0.15) is 0 Å². The zero-order valence-electron chi connectivity index (χ0n) is 6.91. The van der Waals surface area contributed by atoms with E-state index in [1.54, 1.807) is 4.90 Å². The molecule has 0 saturated carbocycles. The van der Waals surface area contributed by atoms with Crippen molar-refractivity contribution in [3.8, 4) is 0 Å². The summed E-state index contributed by atoms with van der Waals surface area (Å²) >= 11 is 0. The predicted molar refractivity (Wildman–Crippen MR) is 41.2 cm³/mol. The summed E-state index contributed by atoms with van der Waals surface area (Å²) in [5.41, 5.74) is 5.15. The van der Waals surface area contributed by atoms with Gasteiger partial charge in [0, 0.05) is 6.54 Å². The molecule has 2 atom stereocenters. The Morgan fingerprint density at radius 1 is 1.64 bits per heavy atom. The van der Waals surface area contributed by atoms with Crippen LogP contribution in [0, 0.1) is 0 Å². The van der Waals surface area contributed by atoms with Crippen molar-refractivity contribution in [1.82, 2.24) is 4.90 Å². The monoisotopic (exact) mass is 158 g/mol. The zero-order valence-corrected chi connectivity index (χ0v) is 6.91. The minimum atomic E-state index is -0.354. The second-order valence-corrected chi connectivity index (χ2v) is 2.98. The molecule has 2 N–H and O–H groups in total. The summed E-state index contributed by atoms with van der Waals surface area (Å²) in [5, 5.41) is 0. The van der Waals surface area contributed by atoms with Gasteiger partial charge < -0.3 is 15.4 Å². The van der Waals surface area contributed by atoms with E-state index in [4.69, 9.17) is 10.5 Å². The number of nitrogens with zero attached hydrogens (tertiary/aromatic N) is 1. The summed E-state index contributed by atoms with van der Waals surface area (Å²) in [6.45, 7) is 5.05. The SMILES string of the molecule is C[C@@H]1CN(C(N)=O)[C@H](C)CO1. The lowest BCUT2D eigenvalue weighted by Crippen LogP contribution is -2.52. The summed E-state index contributed by atoms with van der Waals surface area (Å²) in [7, 11) is 0. The lowest BCUT2D eigenvalue weighted by atomic mass is 10.2. The standard InChI is InChI=1S/C7H14N2O2/c1-5-4-11-6(2)3-9(5)7(8)10/h5-6H,3-4H2,1-2H3,(H2,8,10)/t5-,6-/m1/s1. The molecule has 0 spiro atoms. The summed E-state index contributed by atoms with van der Waals surface area (Å²) < 4.78 is 5.32. The quantitative estimate of drug-likeness (QED) is 0.546. The van der Waals surface area contributed by atoms with Gasteiger partial charge in [-0.05, 0) is 13.8 Å². The van der Waals surface area contributed by atoms with Crippen LogP contribution in [-0.4, -0.2) is 36.2 Å². The van der Waals surface area contributed by atoms with Crippen molar-refractivity contribution in [2.75, 3.05) is 13.2 Å². The number of rotatable bonds is 0. The van der Waals surface area contributed by atoms with E-state index < -0.39 is 0 Å². The first-order valence-corrected chi connectivity index (χ1v) is 3.79. The van der Waals surface area contributed by atoms with Gasteiger partial charge in [0.05, 0.1) is 18.8 Å². The van der Waals surface area contributed by atoms with Crippen LogP contribution in [0.5, 0.6) is 0 Å². The number of carbonyl (C=O) groups is 1. The van der Waals surface area contributed by atoms with Crippen LogP contribution >= 0.6 is 0 Å². The molecule has 0 aromatic carbocycles. The molecule has 0 radical (unpaired) electrons. The van der Waals surface area contributed by atoms with Crippen molar-refractivity contribution in [2.45, 2.75) is 26.0 Å². The van der Waals surface area contributed by atoms with Crippen LogP contribution in [0.1, 0.15) is 13.8 Å². The molecule has 0 aromatic heterocycles. The lowest BCUT2D eigenvalue weighted by molar-refractivity contribution is -0.0303. The molecule has 2 amide bonds. The number of amides is 2. The molecule has 4 heteroatoms. The molecule has 0 aliphatic carbocycles. The third-order valence-corrected chi connectivity index (χ3v) is 1.89. The van der Waals surface area contributed by atoms with Crippen LogP contribution in [0.3, 0.4) is 0 Å². The number of primary amides is 1. The highest BCUT2D eigenvalue weighted by molar-refractivity contribution is 5.72. The topological polar surface area (TPSA) is 55.6 Å². The highest BCUT2D eigenvalue weighted by atomic mass is 16.5. The highest BCUT2D eigenvalue weighted by Crippen LogP contribution is 2.09. The van der Waals surface area contributed by atoms with E-state index in [1.807, 2.05) is 13.8 Å². The lowest BCUT2D eigenvalue weighted by Gasteiger charge is -2.35. The third kappa shape index (κ3) is 1.83. The average Bonchev–Trinajstić information content (AvgIpc) is 1.94. The summed E-state index contributed by atoms with van der Waals surface area (Å²) in [6, 6.07) is -0.239. The molecule has 0 aromatic rings. The molecular formula is C7H14N2O2. The van der Waals surface area contributed by atoms with Crippen LogP contribution in [-0.2, 0) is 4.74 Å². The number of nitrogens with two attached hydrogens (primary N) is 1. The largest absolute Gasteiger partial charge is 0.375 e. The first-order valence-electron chi connectivity index (χ1n) is 3.79. The first-order chi connectivity index (χ1) is 5.11. The fourth-order valence-electron chi connectivity index (χ4n) is 1.21. The van der Waals surface area contributed by atoms with E-state index >= 15 is 0 Å². The van der Waals surface area contributed by atoms with Crippen LogP contribution in [0.15, 0.2) is 0 Å². The Hall–Kier alpha value is -0.770. The summed E-state index contributed by atoms with van der Waals surface area (Å²) in [4.78, 5) is 12.4. The van der Waals surface area contributed by atoms with Gasteiger partial charge in [-0.15, -0.1) is 0 Å². The van der Waals surface area contributed by atoms with Gasteiger partial charge in [-0.1, -0.05) is 0 Å². The predicted octanol–water partition coefficient (Wildman–Crippen LogP) is 0.174. The number of carbonyl (C=O) groups excluding carboxylic acids is 1. The van der Waals surface area contributed by atoms with Crippen LogP contribution < -0.4 is 5.73 Å². The van der Waals surface area contributed by atoms with Crippen LogP contribution in [0.2, 0.25) is 0 Å². The second-order valence-electron chi connectivity index (χ2n) is 2.98. The molecule has 1 rings (SSSR count). The molecule has 1 fully saturated rings. The molecule has 0 unspecified atom stereocenters. The van der Waals surface area contributed by atoms with E-state index in [0.29, 0.717) is 13.2 Å². The van der Waals surface area contributed by atoms with Gasteiger partial charge in [0.15, 0.2) is 0 Å². The van der Waals surface area contributed by atoms with Crippen molar-refractivity contribution in [3.63, 3.8) is 0 Å². The Morgan fingerprint density at radius 3 is 2.73 bits per heavy atom. The minimum Gasteiger partial charge on any atom is -0.375 e. The highest BCUT2D eigenvalue weighted by Gasteiger charge is 2.25. The Morgan fingerprint density at radius 2 is 2.27 bits per heavy atom. The molecular weight excluding hydrogens is 144 g/mol. The van der Waals surface area contributed by atoms with E-state index in [9.17, 15) is 4.79 Å². The Kier molecular flexibility index (Phi) is 2.34. The van der Waals surface area contributed by atoms with Gasteiger partial charge >= 0.3 is 6.03 Å². The average molecular weight is 158 g/mol. The Labute approximate surface area is 66.3 Å². The van der Waals surface area contributed by atoms with Crippen molar-refractivity contribution in [2.24, 2.45) is 5.73 Å². The maximum absolute atomic E-state index is 10.8. The molecule has 11 heavy (non-hydrogen) atoms. The Balaban J connectivity index is 2.54. The molecule has 1 aliphatic heterocycles. The number of ether oxygens (including phenoxy) is 1. The summed E-state index contributed by atoms with van der Waals surface area (Å²) in [5.74, 6) is 0. The van der Waals surface area contributed by atoms with E-state index in [0.717, 1.165) is 0 Å². The van der Waals surface area contributed by atoms with Gasteiger partial charge in [0.25, 0.3) is 0 Å². The molecule has 0 bridgehead atoms. The van der Waals surface area contributed by atoms with Crippen LogP contribution in [0.25, 0.3) is 0 Å².